The van der Waals surface area contributed by atoms with Gasteiger partial charge in [-0.1, -0.05) is 30.3 Å². The lowest BCUT2D eigenvalue weighted by Crippen LogP contribution is -2.56. The molecule has 17 heteroatoms. The van der Waals surface area contributed by atoms with Crippen molar-refractivity contribution in [2.45, 2.75) is 114 Å². The zero-order valence-corrected chi connectivity index (χ0v) is 36.0. The molecular weight excluding hydrogens is 781 g/mol. The Labute approximate surface area is 350 Å². The SMILES string of the molecule is CC(=O)C(N)CSC(C)c1nc2ccc(NC(=O)C(CCCCN)NC(=O)C(CCCCN(C)C)NC(=O)C(CCC(C)O)NC(=O)OCc3ccccc3)cc2s1. The van der Waals surface area contributed by atoms with Gasteiger partial charge in [-0.15, -0.1) is 23.1 Å². The number of rotatable bonds is 26. The minimum absolute atomic E-state index is 0.00182. The van der Waals surface area contributed by atoms with E-state index < -0.39 is 54.1 Å². The molecule has 0 aliphatic heterocycles. The summed E-state index contributed by atoms with van der Waals surface area (Å²) in [6, 6.07) is 10.9. The number of fused-ring (bicyclic) bond motifs is 1. The van der Waals surface area contributed by atoms with Gasteiger partial charge in [-0.05, 0) is 123 Å². The van der Waals surface area contributed by atoms with Crippen LogP contribution in [0.5, 0.6) is 0 Å². The maximum Gasteiger partial charge on any atom is 0.408 e. The first-order valence-electron chi connectivity index (χ1n) is 19.9. The van der Waals surface area contributed by atoms with Crippen LogP contribution in [0.3, 0.4) is 0 Å². The Kier molecular flexibility index (Phi) is 21.1. The summed E-state index contributed by atoms with van der Waals surface area (Å²) in [5.74, 6) is -1.15. The Morgan fingerprint density at radius 1 is 0.862 bits per heavy atom. The van der Waals surface area contributed by atoms with Gasteiger partial charge in [0.15, 0.2) is 0 Å². The lowest BCUT2D eigenvalue weighted by molar-refractivity contribution is -0.132. The van der Waals surface area contributed by atoms with Gasteiger partial charge in [-0.3, -0.25) is 19.2 Å². The Bertz CT molecular complexity index is 1760. The Hall–Kier alpha value is -4.13. The average Bonchev–Trinajstić information content (AvgIpc) is 3.62. The molecule has 58 heavy (non-hydrogen) atoms. The number of unbranched alkanes of at least 4 members (excludes halogenated alkanes) is 2. The number of aliphatic hydroxyl groups excluding tert-OH is 1. The molecule has 0 aliphatic carbocycles. The molecule has 6 atom stereocenters. The second kappa shape index (κ2) is 25.4. The number of anilines is 1. The van der Waals surface area contributed by atoms with Gasteiger partial charge in [-0.2, -0.15) is 0 Å². The van der Waals surface area contributed by atoms with Crippen molar-refractivity contribution in [3.8, 4) is 0 Å². The molecule has 1 aromatic heterocycles. The highest BCUT2D eigenvalue weighted by Gasteiger charge is 2.30. The van der Waals surface area contributed by atoms with Crippen molar-refractivity contribution < 1.29 is 33.8 Å². The molecule has 6 unspecified atom stereocenters. The molecule has 3 aromatic rings. The zero-order chi connectivity index (χ0) is 42.6. The highest BCUT2D eigenvalue weighted by atomic mass is 32.2. The smallest absolute Gasteiger partial charge is 0.408 e. The summed E-state index contributed by atoms with van der Waals surface area (Å²) in [5, 5.41) is 22.1. The van der Waals surface area contributed by atoms with Crippen LogP contribution in [0.25, 0.3) is 10.2 Å². The van der Waals surface area contributed by atoms with E-state index in [2.05, 4.69) is 21.3 Å². The lowest BCUT2D eigenvalue weighted by Gasteiger charge is -2.26. The first-order valence-corrected chi connectivity index (χ1v) is 21.7. The van der Waals surface area contributed by atoms with Gasteiger partial charge in [0.2, 0.25) is 17.7 Å². The number of aromatic nitrogens is 1. The predicted octanol–water partition coefficient (Wildman–Crippen LogP) is 4.23. The summed E-state index contributed by atoms with van der Waals surface area (Å²) < 4.78 is 6.22. The van der Waals surface area contributed by atoms with Crippen molar-refractivity contribution in [1.29, 1.82) is 0 Å². The van der Waals surface area contributed by atoms with Crippen LogP contribution in [0.2, 0.25) is 0 Å². The molecule has 2 aromatic carbocycles. The van der Waals surface area contributed by atoms with Gasteiger partial charge in [0.05, 0.1) is 27.6 Å². The van der Waals surface area contributed by atoms with Crippen LogP contribution in [0.1, 0.15) is 88.0 Å². The van der Waals surface area contributed by atoms with Crippen LogP contribution < -0.4 is 32.7 Å². The van der Waals surface area contributed by atoms with E-state index in [1.807, 2.05) is 68.4 Å². The van der Waals surface area contributed by atoms with Gasteiger partial charge in [0.1, 0.15) is 35.5 Å². The van der Waals surface area contributed by atoms with E-state index in [0.717, 1.165) is 33.8 Å². The number of carbonyl (C=O) groups is 5. The number of aliphatic hydroxyl groups is 1. The molecule has 3 rings (SSSR count). The Morgan fingerprint density at radius 3 is 2.12 bits per heavy atom. The molecule has 0 saturated carbocycles. The van der Waals surface area contributed by atoms with E-state index in [1.54, 1.807) is 24.8 Å². The number of benzene rings is 2. The molecular formula is C41H62N8O7S2. The molecule has 4 amide bonds. The Balaban J connectivity index is 1.76. The lowest BCUT2D eigenvalue weighted by atomic mass is 10.0. The number of nitrogens with one attached hydrogen (secondary N) is 4. The third kappa shape index (κ3) is 17.4. The number of thioether (sulfide) groups is 1. The second-order valence-electron chi connectivity index (χ2n) is 14.8. The number of alkyl carbamates (subject to hydrolysis) is 1. The number of nitrogens with two attached hydrogens (primary N) is 2. The minimum Gasteiger partial charge on any atom is -0.445 e. The summed E-state index contributed by atoms with van der Waals surface area (Å²) in [6.07, 6.45) is 1.93. The quantitative estimate of drug-likeness (QED) is 0.0564. The van der Waals surface area contributed by atoms with Gasteiger partial charge in [0, 0.05) is 11.4 Å². The van der Waals surface area contributed by atoms with Crippen LogP contribution in [0, 0.1) is 0 Å². The summed E-state index contributed by atoms with van der Waals surface area (Å²) in [4.78, 5) is 72.8. The summed E-state index contributed by atoms with van der Waals surface area (Å²) in [5.41, 5.74) is 13.8. The molecule has 320 valence electrons. The van der Waals surface area contributed by atoms with Gasteiger partial charge >= 0.3 is 6.09 Å². The standard InChI is InChI=1S/C41H62N8O7S2/c1-26(50)17-19-35(48-41(55)56-24-29-13-7-6-8-14-29)39(54)46-34(16-10-12-22-49(4)5)38(53)45-33(15-9-11-21-42)37(52)44-30-18-20-32-36(23-30)58-40(47-32)28(3)57-25-31(43)27(2)51/h6-8,13-14,18,20,23,26,28,31,33-35,50H,9-12,15-17,19,21-22,24-25,42-43H2,1-5H3,(H,44,52)(H,45,53)(H,46,54)(H,48,55). The van der Waals surface area contributed by atoms with Crippen LogP contribution in [-0.4, -0.2) is 108 Å². The molecule has 0 spiro atoms. The van der Waals surface area contributed by atoms with Crippen molar-refractivity contribution in [2.24, 2.45) is 11.5 Å². The molecule has 0 saturated heterocycles. The van der Waals surface area contributed by atoms with E-state index in [4.69, 9.17) is 21.2 Å². The largest absolute Gasteiger partial charge is 0.445 e. The average molecular weight is 843 g/mol. The number of ether oxygens (including phenoxy) is 1. The van der Waals surface area contributed by atoms with Gasteiger partial charge in [0.25, 0.3) is 0 Å². The van der Waals surface area contributed by atoms with E-state index >= 15 is 0 Å². The summed E-state index contributed by atoms with van der Waals surface area (Å²) in [6.45, 7) is 6.27. The number of carbonyl (C=O) groups excluding carboxylic acids is 5. The topological polar surface area (TPSA) is 231 Å². The summed E-state index contributed by atoms with van der Waals surface area (Å²) >= 11 is 3.05. The van der Waals surface area contributed by atoms with Crippen LogP contribution in [-0.2, 0) is 30.5 Å². The molecule has 0 bridgehead atoms. The number of hydrogen-bond donors (Lipinski definition) is 7. The zero-order valence-electron chi connectivity index (χ0n) is 34.3. The first-order chi connectivity index (χ1) is 27.7. The van der Waals surface area contributed by atoms with Crippen LogP contribution in [0.15, 0.2) is 48.5 Å². The molecule has 0 fully saturated rings. The second-order valence-corrected chi connectivity index (χ2v) is 17.2. The van der Waals surface area contributed by atoms with E-state index in [0.29, 0.717) is 43.7 Å². The van der Waals surface area contributed by atoms with Crippen LogP contribution in [0.4, 0.5) is 10.5 Å². The highest BCUT2D eigenvalue weighted by Crippen LogP contribution is 2.35. The maximum atomic E-state index is 14.0. The minimum atomic E-state index is -1.10. The maximum absolute atomic E-state index is 14.0. The number of Topliss-reactive ketones (excluding diaryl/α,β-unsaturated/α-hetero) is 1. The third-order valence-electron chi connectivity index (χ3n) is 9.32. The number of ketones is 1. The van der Waals surface area contributed by atoms with Crippen molar-refractivity contribution in [1.82, 2.24) is 25.8 Å². The number of nitrogens with zero attached hydrogens (tertiary/aromatic N) is 2. The van der Waals surface area contributed by atoms with E-state index in [1.165, 1.54) is 18.3 Å². The predicted molar refractivity (Wildman–Crippen MR) is 231 cm³/mol. The van der Waals surface area contributed by atoms with Crippen molar-refractivity contribution in [2.75, 3.05) is 38.3 Å². The molecule has 15 nitrogen and oxygen atoms in total. The number of hydrogen-bond acceptors (Lipinski definition) is 13. The van der Waals surface area contributed by atoms with Crippen molar-refractivity contribution in [3.05, 3.63) is 59.1 Å². The Morgan fingerprint density at radius 2 is 1.50 bits per heavy atom. The normalized spacial score (nSPS) is 14.5. The molecule has 0 aliphatic rings. The molecule has 9 N–H and O–H groups in total. The molecule has 1 heterocycles. The van der Waals surface area contributed by atoms with Crippen LogP contribution >= 0.6 is 23.1 Å². The van der Waals surface area contributed by atoms with E-state index in [9.17, 15) is 29.1 Å². The fraction of sp³-hybridized carbons (Fsp3) is 0.561. The number of thiazole rings is 1. The van der Waals surface area contributed by atoms with Gasteiger partial charge < -0.3 is 47.5 Å². The highest BCUT2D eigenvalue weighted by molar-refractivity contribution is 7.99. The van der Waals surface area contributed by atoms with Gasteiger partial charge in [-0.25, -0.2) is 9.78 Å². The van der Waals surface area contributed by atoms with Crippen molar-refractivity contribution >= 4 is 68.6 Å². The number of amides is 4. The van der Waals surface area contributed by atoms with Crippen molar-refractivity contribution in [3.63, 3.8) is 0 Å². The fourth-order valence-corrected chi connectivity index (χ4v) is 8.01. The summed E-state index contributed by atoms with van der Waals surface area (Å²) in [7, 11) is 3.90. The monoisotopic (exact) mass is 842 g/mol. The third-order valence-corrected chi connectivity index (χ3v) is 11.9. The fourth-order valence-electron chi connectivity index (χ4n) is 5.80. The molecule has 0 radical (unpaired) electrons. The van der Waals surface area contributed by atoms with E-state index in [-0.39, 0.29) is 36.9 Å². The first kappa shape index (κ1) is 48.2.